The minimum Gasteiger partial charge on any atom is -0.493 e. The van der Waals surface area contributed by atoms with Crippen molar-refractivity contribution < 1.29 is 22.6 Å². The summed E-state index contributed by atoms with van der Waals surface area (Å²) < 4.78 is 46.2. The van der Waals surface area contributed by atoms with E-state index < -0.39 is 19.2 Å². The van der Waals surface area contributed by atoms with Gasteiger partial charge in [-0.15, -0.1) is 11.6 Å². The second-order valence-corrected chi connectivity index (χ2v) is 4.15. The molecule has 1 aromatic rings. The normalized spacial score (nSPS) is 11.4. The van der Waals surface area contributed by atoms with Crippen molar-refractivity contribution in [2.45, 2.75) is 18.5 Å². The smallest absolute Gasteiger partial charge is 0.392 e. The van der Waals surface area contributed by atoms with Crippen molar-refractivity contribution >= 4 is 23.2 Å². The van der Waals surface area contributed by atoms with Gasteiger partial charge in [0.15, 0.2) is 11.5 Å². The Hall–Kier alpha value is -0.810. The maximum atomic E-state index is 12.0. The Labute approximate surface area is 113 Å². The van der Waals surface area contributed by atoms with Crippen LogP contribution in [0.4, 0.5) is 13.2 Å². The van der Waals surface area contributed by atoms with Crippen molar-refractivity contribution in [1.82, 2.24) is 0 Å². The topological polar surface area (TPSA) is 18.5 Å². The SMILES string of the molecule is COc1cc(Cl)cc(CCl)c1OCCC(F)(F)F. The summed E-state index contributed by atoms with van der Waals surface area (Å²) in [4.78, 5) is 0. The van der Waals surface area contributed by atoms with E-state index in [1.807, 2.05) is 0 Å². The fraction of sp³-hybridized carbons (Fsp3) is 0.455. The van der Waals surface area contributed by atoms with Gasteiger partial charge in [-0.25, -0.2) is 0 Å². The molecule has 0 unspecified atom stereocenters. The molecule has 0 aliphatic heterocycles. The zero-order valence-corrected chi connectivity index (χ0v) is 11.0. The van der Waals surface area contributed by atoms with Gasteiger partial charge in [-0.2, -0.15) is 13.2 Å². The van der Waals surface area contributed by atoms with Gasteiger partial charge in [0.1, 0.15) is 0 Å². The number of hydrogen-bond acceptors (Lipinski definition) is 2. The van der Waals surface area contributed by atoms with Gasteiger partial charge in [-0.05, 0) is 6.07 Å². The Morgan fingerprint density at radius 3 is 2.44 bits per heavy atom. The largest absolute Gasteiger partial charge is 0.493 e. The van der Waals surface area contributed by atoms with Gasteiger partial charge in [0.2, 0.25) is 0 Å². The average Bonchev–Trinajstić information content (AvgIpc) is 2.28. The average molecular weight is 303 g/mol. The molecule has 0 N–H and O–H groups in total. The van der Waals surface area contributed by atoms with Gasteiger partial charge >= 0.3 is 6.18 Å². The lowest BCUT2D eigenvalue weighted by molar-refractivity contribution is -0.139. The van der Waals surface area contributed by atoms with Crippen LogP contribution < -0.4 is 9.47 Å². The zero-order valence-electron chi connectivity index (χ0n) is 9.48. The molecule has 18 heavy (non-hydrogen) atoms. The molecule has 1 rings (SSSR count). The van der Waals surface area contributed by atoms with E-state index in [2.05, 4.69) is 0 Å². The summed E-state index contributed by atoms with van der Waals surface area (Å²) in [6.45, 7) is -0.495. The van der Waals surface area contributed by atoms with Gasteiger partial charge in [0, 0.05) is 16.7 Å². The van der Waals surface area contributed by atoms with E-state index >= 15 is 0 Å². The standard InChI is InChI=1S/C11H11Cl2F3O2/c1-17-9-5-8(13)4-7(6-12)10(9)18-3-2-11(14,15)16/h4-5H,2-3,6H2,1H3. The van der Waals surface area contributed by atoms with Crippen molar-refractivity contribution in [3.8, 4) is 11.5 Å². The molecule has 2 nitrogen and oxygen atoms in total. The van der Waals surface area contributed by atoms with Crippen LogP contribution in [0.1, 0.15) is 12.0 Å². The molecule has 0 saturated carbocycles. The molecule has 0 bridgehead atoms. The van der Waals surface area contributed by atoms with Gasteiger partial charge in [0.25, 0.3) is 0 Å². The lowest BCUT2D eigenvalue weighted by Gasteiger charge is -2.15. The van der Waals surface area contributed by atoms with Gasteiger partial charge < -0.3 is 9.47 Å². The highest BCUT2D eigenvalue weighted by molar-refractivity contribution is 6.31. The molecule has 0 aliphatic carbocycles. The monoisotopic (exact) mass is 302 g/mol. The van der Waals surface area contributed by atoms with Crippen molar-refractivity contribution in [1.29, 1.82) is 0 Å². The molecule has 0 fully saturated rings. The minimum absolute atomic E-state index is 0.0677. The van der Waals surface area contributed by atoms with E-state index in [0.717, 1.165) is 0 Å². The molecule has 7 heteroatoms. The second kappa shape index (κ2) is 6.38. The first-order valence-electron chi connectivity index (χ1n) is 4.99. The predicted octanol–water partition coefficient (Wildman–Crippen LogP) is 4.42. The molecule has 1 aromatic carbocycles. The molecule has 0 saturated heterocycles. The van der Waals surface area contributed by atoms with Crippen LogP contribution in [0.25, 0.3) is 0 Å². The Kier molecular flexibility index (Phi) is 5.41. The fourth-order valence-corrected chi connectivity index (χ4v) is 1.74. The Bertz CT molecular complexity index is 383. The number of alkyl halides is 4. The van der Waals surface area contributed by atoms with Crippen LogP contribution in [0.3, 0.4) is 0 Å². The van der Waals surface area contributed by atoms with Crippen LogP contribution in [0, 0.1) is 0 Å². The first-order valence-corrected chi connectivity index (χ1v) is 5.90. The second-order valence-electron chi connectivity index (χ2n) is 3.44. The molecule has 0 atom stereocenters. The number of hydrogen-bond donors (Lipinski definition) is 0. The van der Waals surface area contributed by atoms with Crippen molar-refractivity contribution in [2.24, 2.45) is 0 Å². The van der Waals surface area contributed by atoms with E-state index in [1.54, 1.807) is 0 Å². The molecule has 0 radical (unpaired) electrons. The molecule has 0 aromatic heterocycles. The number of halogens is 5. The third kappa shape index (κ3) is 4.46. The summed E-state index contributed by atoms with van der Waals surface area (Å²) in [6, 6.07) is 2.99. The van der Waals surface area contributed by atoms with E-state index in [4.69, 9.17) is 32.7 Å². The van der Waals surface area contributed by atoms with Crippen LogP contribution in [-0.2, 0) is 5.88 Å². The number of rotatable bonds is 5. The third-order valence-corrected chi connectivity index (χ3v) is 2.60. The quantitative estimate of drug-likeness (QED) is 0.750. The highest BCUT2D eigenvalue weighted by atomic mass is 35.5. The highest BCUT2D eigenvalue weighted by Crippen LogP contribution is 2.36. The maximum absolute atomic E-state index is 12.0. The summed E-state index contributed by atoms with van der Waals surface area (Å²) in [5.41, 5.74) is 0.489. The first kappa shape index (κ1) is 15.2. The Morgan fingerprint density at radius 1 is 1.28 bits per heavy atom. The van der Waals surface area contributed by atoms with Crippen LogP contribution in [-0.4, -0.2) is 19.9 Å². The molecular formula is C11H11Cl2F3O2. The minimum atomic E-state index is -4.26. The Morgan fingerprint density at radius 2 is 1.94 bits per heavy atom. The fourth-order valence-electron chi connectivity index (χ4n) is 1.31. The summed E-state index contributed by atoms with van der Waals surface area (Å²) in [5.74, 6) is 0.527. The third-order valence-electron chi connectivity index (χ3n) is 2.09. The van der Waals surface area contributed by atoms with Crippen molar-refractivity contribution in [3.63, 3.8) is 0 Å². The number of benzene rings is 1. The summed E-state index contributed by atoms with van der Waals surface area (Å²) >= 11 is 11.5. The Balaban J connectivity index is 2.86. The van der Waals surface area contributed by atoms with Gasteiger partial charge in [-0.1, -0.05) is 11.6 Å². The molecule has 0 heterocycles. The maximum Gasteiger partial charge on any atom is 0.392 e. The summed E-state index contributed by atoms with van der Waals surface area (Å²) in [7, 11) is 1.38. The van der Waals surface area contributed by atoms with Crippen LogP contribution in [0.15, 0.2) is 12.1 Å². The number of ether oxygens (including phenoxy) is 2. The molecule has 102 valence electrons. The van der Waals surface area contributed by atoms with E-state index in [1.165, 1.54) is 19.2 Å². The van der Waals surface area contributed by atoms with E-state index in [9.17, 15) is 13.2 Å². The molecular weight excluding hydrogens is 292 g/mol. The molecule has 0 aliphatic rings. The van der Waals surface area contributed by atoms with Crippen LogP contribution in [0.5, 0.6) is 11.5 Å². The lowest BCUT2D eigenvalue weighted by Crippen LogP contribution is -2.13. The predicted molar refractivity (Wildman–Crippen MR) is 63.7 cm³/mol. The zero-order chi connectivity index (χ0) is 13.8. The van der Waals surface area contributed by atoms with Crippen molar-refractivity contribution in [3.05, 3.63) is 22.7 Å². The van der Waals surface area contributed by atoms with Crippen LogP contribution >= 0.6 is 23.2 Å². The number of methoxy groups -OCH3 is 1. The molecule has 0 spiro atoms. The summed E-state index contributed by atoms with van der Waals surface area (Å²) in [6.07, 6.45) is -5.30. The van der Waals surface area contributed by atoms with Gasteiger partial charge in [0.05, 0.1) is 26.0 Å². The van der Waals surface area contributed by atoms with Crippen molar-refractivity contribution in [2.75, 3.05) is 13.7 Å². The molecule has 0 amide bonds. The first-order chi connectivity index (χ1) is 8.37. The van der Waals surface area contributed by atoms with Crippen LogP contribution in [0.2, 0.25) is 5.02 Å². The summed E-state index contributed by atoms with van der Waals surface area (Å²) in [5, 5.41) is 0.380. The highest BCUT2D eigenvalue weighted by Gasteiger charge is 2.27. The van der Waals surface area contributed by atoms with Gasteiger partial charge in [-0.3, -0.25) is 0 Å². The van der Waals surface area contributed by atoms with E-state index in [-0.39, 0.29) is 17.4 Å². The van der Waals surface area contributed by atoms with E-state index in [0.29, 0.717) is 10.6 Å². The lowest BCUT2D eigenvalue weighted by atomic mass is 10.2.